The molecular weight excluding hydrogens is 1020 g/mol. The number of rotatable bonds is 6. The van der Waals surface area contributed by atoms with Crippen LogP contribution in [0.1, 0.15) is 0 Å². The summed E-state index contributed by atoms with van der Waals surface area (Å²) in [6.07, 6.45) is 0. The standard InChI is InChI=1S/C66H30F12/c67-55-49(56(68)62(74)52(61(55)73)46-28-31-13-1-4-16-37(31)40-19-7-10-22-43(40)46)34-25-35(50-57(69)63(75)53(64(76)58(50)70)47-29-32-14-2-5-17-38(32)41-20-8-11-23-44(41)47)27-36(26-34)51-59(71)65(77)54(66(78)60(51)72)48-30-33-15-3-6-18-39(33)42-21-9-12-24-45(42)48/h1-30H. The van der Waals surface area contributed by atoms with E-state index < -0.39 is 120 Å². The van der Waals surface area contributed by atoms with Crippen LogP contribution in [0.5, 0.6) is 0 Å². The highest BCUT2D eigenvalue weighted by molar-refractivity contribution is 6.16. The predicted molar refractivity (Wildman–Crippen MR) is 284 cm³/mol. The number of fused-ring (bicyclic) bond motifs is 9. The summed E-state index contributed by atoms with van der Waals surface area (Å²) in [7, 11) is 0. The predicted octanol–water partition coefficient (Wildman–Crippen LogP) is 20.3. The Bertz CT molecular complexity index is 4200. The average Bonchev–Trinajstić information content (AvgIpc) is 3.65. The van der Waals surface area contributed by atoms with Gasteiger partial charge in [-0.15, -0.1) is 0 Å². The molecule has 12 heteroatoms. The normalized spacial score (nSPS) is 11.8. The van der Waals surface area contributed by atoms with Gasteiger partial charge in [-0.3, -0.25) is 0 Å². The Morgan fingerprint density at radius 2 is 0.346 bits per heavy atom. The molecule has 13 rings (SSSR count). The van der Waals surface area contributed by atoms with Gasteiger partial charge in [-0.2, -0.15) is 0 Å². The van der Waals surface area contributed by atoms with E-state index in [0.29, 0.717) is 66.7 Å². The molecule has 0 bridgehead atoms. The minimum atomic E-state index is -2.13. The quantitative estimate of drug-likeness (QED) is 0.0884. The molecule has 13 aromatic rings. The lowest BCUT2D eigenvalue weighted by molar-refractivity contribution is 0.462. The molecule has 0 heterocycles. The van der Waals surface area contributed by atoms with Crippen molar-refractivity contribution in [3.05, 3.63) is 252 Å². The van der Waals surface area contributed by atoms with Crippen LogP contribution in [-0.2, 0) is 0 Å². The average molecular weight is 1050 g/mol. The fraction of sp³-hybridized carbons (Fsp3) is 0. The second-order valence-corrected chi connectivity index (χ2v) is 18.9. The lowest BCUT2D eigenvalue weighted by atomic mass is 9.87. The van der Waals surface area contributed by atoms with Gasteiger partial charge in [0.25, 0.3) is 0 Å². The van der Waals surface area contributed by atoms with Crippen molar-refractivity contribution in [2.24, 2.45) is 0 Å². The van der Waals surface area contributed by atoms with Crippen LogP contribution in [0, 0.1) is 69.8 Å². The van der Waals surface area contributed by atoms with E-state index >= 15 is 52.7 Å². The van der Waals surface area contributed by atoms with Gasteiger partial charge in [-0.1, -0.05) is 146 Å². The zero-order valence-corrected chi connectivity index (χ0v) is 39.9. The van der Waals surface area contributed by atoms with E-state index in [9.17, 15) is 0 Å². The minimum Gasteiger partial charge on any atom is -0.203 e. The molecule has 0 aromatic heterocycles. The topological polar surface area (TPSA) is 0 Å². The first-order chi connectivity index (χ1) is 37.7. The summed E-state index contributed by atoms with van der Waals surface area (Å²) in [6.45, 7) is 0. The van der Waals surface area contributed by atoms with E-state index in [0.717, 1.165) is 0 Å². The molecule has 0 saturated heterocycles. The maximum Gasteiger partial charge on any atom is 0.170 e. The minimum absolute atomic E-state index is 0.176. The smallest absolute Gasteiger partial charge is 0.170 e. The molecule has 0 aliphatic heterocycles. The maximum atomic E-state index is 17.1. The van der Waals surface area contributed by atoms with E-state index in [1.165, 1.54) is 54.6 Å². The Labute approximate surface area is 434 Å². The molecule has 0 amide bonds. The summed E-state index contributed by atoms with van der Waals surface area (Å²) in [5.41, 5.74) is -12.6. The zero-order chi connectivity index (χ0) is 54.0. The molecular formula is C66H30F12. The second kappa shape index (κ2) is 18.1. The van der Waals surface area contributed by atoms with Gasteiger partial charge in [0.1, 0.15) is 0 Å². The highest BCUT2D eigenvalue weighted by atomic mass is 19.2. The molecule has 78 heavy (non-hydrogen) atoms. The van der Waals surface area contributed by atoms with Crippen molar-refractivity contribution in [2.45, 2.75) is 0 Å². The van der Waals surface area contributed by atoms with Crippen LogP contribution in [-0.4, -0.2) is 0 Å². The van der Waals surface area contributed by atoms with Crippen LogP contribution in [0.2, 0.25) is 0 Å². The largest absolute Gasteiger partial charge is 0.203 e. The molecule has 0 aliphatic rings. The third-order valence-corrected chi connectivity index (χ3v) is 14.7. The van der Waals surface area contributed by atoms with Crippen LogP contribution in [0.3, 0.4) is 0 Å². The molecule has 0 nitrogen and oxygen atoms in total. The Morgan fingerprint density at radius 3 is 0.577 bits per heavy atom. The molecule has 0 N–H and O–H groups in total. The third-order valence-electron chi connectivity index (χ3n) is 14.7. The van der Waals surface area contributed by atoms with Crippen LogP contribution in [0.4, 0.5) is 52.7 Å². The van der Waals surface area contributed by atoms with Crippen LogP contribution in [0.15, 0.2) is 182 Å². The summed E-state index contributed by atoms with van der Waals surface area (Å²) < 4.78 is 204. The molecule has 0 radical (unpaired) electrons. The van der Waals surface area contributed by atoms with Gasteiger partial charge in [0.05, 0.1) is 33.4 Å². The highest BCUT2D eigenvalue weighted by Crippen LogP contribution is 2.48. The molecule has 0 unspecified atom stereocenters. The van der Waals surface area contributed by atoms with Crippen molar-refractivity contribution < 1.29 is 52.7 Å². The fourth-order valence-corrected chi connectivity index (χ4v) is 11.2. The zero-order valence-electron chi connectivity index (χ0n) is 39.9. The summed E-state index contributed by atoms with van der Waals surface area (Å²) in [6, 6.07) is 44.3. The van der Waals surface area contributed by atoms with Gasteiger partial charge in [-0.25, -0.2) is 52.7 Å². The van der Waals surface area contributed by atoms with E-state index in [-0.39, 0.29) is 32.8 Å². The van der Waals surface area contributed by atoms with Crippen molar-refractivity contribution in [1.29, 1.82) is 0 Å². The van der Waals surface area contributed by atoms with E-state index in [2.05, 4.69) is 0 Å². The van der Waals surface area contributed by atoms with Gasteiger partial charge in [0.2, 0.25) is 0 Å². The van der Waals surface area contributed by atoms with E-state index in [1.54, 1.807) is 109 Å². The Hall–Kier alpha value is -9.42. The summed E-state index contributed by atoms with van der Waals surface area (Å²) in [5, 5.41) is 5.09. The first-order valence-electron chi connectivity index (χ1n) is 24.2. The van der Waals surface area contributed by atoms with Crippen LogP contribution < -0.4 is 0 Å². The molecule has 0 saturated carbocycles. The van der Waals surface area contributed by atoms with Gasteiger partial charge in [-0.05, 0) is 134 Å². The second-order valence-electron chi connectivity index (χ2n) is 18.9. The summed E-state index contributed by atoms with van der Waals surface area (Å²) in [4.78, 5) is 0. The van der Waals surface area contributed by atoms with Crippen molar-refractivity contribution >= 4 is 64.6 Å². The maximum absolute atomic E-state index is 17.1. The Balaban J connectivity index is 1.07. The first kappa shape index (κ1) is 48.2. The van der Waals surface area contributed by atoms with Crippen LogP contribution in [0.25, 0.3) is 131 Å². The van der Waals surface area contributed by atoms with Gasteiger partial charge in [0.15, 0.2) is 69.8 Å². The molecule has 0 spiro atoms. The number of halogens is 12. The van der Waals surface area contributed by atoms with Gasteiger partial charge in [0, 0.05) is 0 Å². The fourth-order valence-electron chi connectivity index (χ4n) is 11.2. The highest BCUT2D eigenvalue weighted by Gasteiger charge is 2.34. The van der Waals surface area contributed by atoms with Crippen molar-refractivity contribution in [2.75, 3.05) is 0 Å². The molecule has 0 fully saturated rings. The molecule has 378 valence electrons. The van der Waals surface area contributed by atoms with E-state index in [4.69, 9.17) is 0 Å². The molecule has 0 aliphatic carbocycles. The van der Waals surface area contributed by atoms with Gasteiger partial charge >= 0.3 is 0 Å². The van der Waals surface area contributed by atoms with Crippen molar-refractivity contribution in [3.63, 3.8) is 0 Å². The van der Waals surface area contributed by atoms with Crippen molar-refractivity contribution in [1.82, 2.24) is 0 Å². The Kier molecular flexibility index (Phi) is 11.2. The number of hydrogen-bond donors (Lipinski definition) is 0. The third kappa shape index (κ3) is 7.12. The SMILES string of the molecule is Fc1c(F)c(-c2cc3ccccc3c3ccccc23)c(F)c(F)c1-c1cc(-c2c(F)c(F)c(-c3cc4ccccc4c4ccccc34)c(F)c2F)cc(-c2c(F)c(F)c(-c3cc4ccccc4c4ccccc34)c(F)c2F)c1. The Morgan fingerprint density at radius 1 is 0.167 bits per heavy atom. The lowest BCUT2D eigenvalue weighted by Crippen LogP contribution is -2.07. The van der Waals surface area contributed by atoms with Crippen molar-refractivity contribution in [3.8, 4) is 66.8 Å². The number of benzene rings is 13. The first-order valence-corrected chi connectivity index (χ1v) is 24.2. The molecule has 0 atom stereocenters. The number of hydrogen-bond acceptors (Lipinski definition) is 0. The van der Waals surface area contributed by atoms with Crippen LogP contribution >= 0.6 is 0 Å². The lowest BCUT2D eigenvalue weighted by Gasteiger charge is -2.19. The monoisotopic (exact) mass is 1050 g/mol. The summed E-state index contributed by atoms with van der Waals surface area (Å²) >= 11 is 0. The van der Waals surface area contributed by atoms with E-state index in [1.807, 2.05) is 0 Å². The summed E-state index contributed by atoms with van der Waals surface area (Å²) in [5.74, 6) is -24.7. The molecule has 13 aromatic carbocycles. The van der Waals surface area contributed by atoms with Gasteiger partial charge < -0.3 is 0 Å².